The van der Waals surface area contributed by atoms with Gasteiger partial charge in [0.1, 0.15) is 0 Å². The zero-order valence-electron chi connectivity index (χ0n) is 10.6. The van der Waals surface area contributed by atoms with Crippen LogP contribution in [0, 0.1) is 0 Å². The molecule has 2 heterocycles. The summed E-state index contributed by atoms with van der Waals surface area (Å²) in [5.41, 5.74) is 1.05. The van der Waals surface area contributed by atoms with Gasteiger partial charge in [0.25, 0.3) is 0 Å². The van der Waals surface area contributed by atoms with Gasteiger partial charge in [0.2, 0.25) is 0 Å². The fourth-order valence-corrected chi connectivity index (χ4v) is 3.50. The molecule has 0 saturated heterocycles. The number of nitrogens with one attached hydrogen (secondary N) is 1. The van der Waals surface area contributed by atoms with Crippen molar-refractivity contribution < 1.29 is 0 Å². The number of pyridine rings is 1. The second kappa shape index (κ2) is 5.71. The monoisotopic (exact) mass is 325 g/mol. The third-order valence-corrected chi connectivity index (χ3v) is 4.67. The van der Waals surface area contributed by atoms with E-state index < -0.39 is 0 Å². The fraction of sp³-hybridized carbons (Fsp3) is 0.308. The van der Waals surface area contributed by atoms with Gasteiger partial charge in [-0.2, -0.15) is 0 Å². The van der Waals surface area contributed by atoms with Crippen molar-refractivity contribution in [3.8, 4) is 0 Å². The highest BCUT2D eigenvalue weighted by atomic mass is 79.9. The number of rotatable bonds is 4. The maximum Gasteiger partial charge on any atom is 0.151 e. The predicted octanol–water partition coefficient (Wildman–Crippen LogP) is 4.14. The van der Waals surface area contributed by atoms with Crippen LogP contribution >= 0.6 is 27.3 Å². The normalized spacial score (nSPS) is 12.2. The van der Waals surface area contributed by atoms with E-state index in [1.807, 2.05) is 31.3 Å². The van der Waals surface area contributed by atoms with Crippen molar-refractivity contribution in [2.45, 2.75) is 13.0 Å². The first kappa shape index (κ1) is 13.4. The fourth-order valence-electron chi connectivity index (χ4n) is 1.78. The predicted molar refractivity (Wildman–Crippen MR) is 82.6 cm³/mol. The lowest BCUT2D eigenvalue weighted by atomic mass is 10.2. The molecule has 1 atom stereocenters. The Morgan fingerprint density at radius 3 is 2.78 bits per heavy atom. The van der Waals surface area contributed by atoms with Gasteiger partial charge >= 0.3 is 0 Å². The highest BCUT2D eigenvalue weighted by Crippen LogP contribution is 2.32. The van der Waals surface area contributed by atoms with Crippen LogP contribution in [0.5, 0.6) is 0 Å². The Labute approximate surface area is 120 Å². The van der Waals surface area contributed by atoms with Crippen molar-refractivity contribution in [3.63, 3.8) is 0 Å². The van der Waals surface area contributed by atoms with E-state index in [0.29, 0.717) is 0 Å². The lowest BCUT2D eigenvalue weighted by Gasteiger charge is -2.20. The Morgan fingerprint density at radius 2 is 2.17 bits per heavy atom. The number of aromatic nitrogens is 1. The minimum Gasteiger partial charge on any atom is -0.375 e. The summed E-state index contributed by atoms with van der Waals surface area (Å²) >= 11 is 5.32. The molecule has 0 saturated carbocycles. The molecular formula is C13H16BrN3S. The van der Waals surface area contributed by atoms with E-state index >= 15 is 0 Å². The van der Waals surface area contributed by atoms with Gasteiger partial charge in [-0.3, -0.25) is 0 Å². The van der Waals surface area contributed by atoms with Gasteiger partial charge in [0, 0.05) is 29.6 Å². The number of hydrogen-bond donors (Lipinski definition) is 1. The topological polar surface area (TPSA) is 28.2 Å². The molecule has 2 aromatic rings. The molecule has 18 heavy (non-hydrogen) atoms. The van der Waals surface area contributed by atoms with Crippen LogP contribution in [0.2, 0.25) is 0 Å². The minimum atomic E-state index is 0.252. The van der Waals surface area contributed by atoms with Gasteiger partial charge < -0.3 is 10.2 Å². The van der Waals surface area contributed by atoms with Crippen LogP contribution in [-0.2, 0) is 0 Å². The standard InChI is InChI=1S/C13H16BrN3S/c1-9(12-10(14)6-8-18-12)16-11-5-4-7-15-13(11)17(2)3/h4-9,16H,1-3H3. The second-order valence-electron chi connectivity index (χ2n) is 4.27. The van der Waals surface area contributed by atoms with E-state index in [2.05, 4.69) is 50.7 Å². The summed E-state index contributed by atoms with van der Waals surface area (Å²) in [6.45, 7) is 2.16. The van der Waals surface area contributed by atoms with Crippen LogP contribution < -0.4 is 10.2 Å². The molecule has 3 nitrogen and oxygen atoms in total. The summed E-state index contributed by atoms with van der Waals surface area (Å²) in [5.74, 6) is 0.956. The summed E-state index contributed by atoms with van der Waals surface area (Å²) in [6, 6.07) is 6.34. The van der Waals surface area contributed by atoms with Crippen LogP contribution in [0.25, 0.3) is 0 Å². The Morgan fingerprint density at radius 1 is 1.39 bits per heavy atom. The van der Waals surface area contributed by atoms with Gasteiger partial charge in [-0.15, -0.1) is 11.3 Å². The molecule has 0 fully saturated rings. The van der Waals surface area contributed by atoms with Gasteiger partial charge in [-0.25, -0.2) is 4.98 Å². The molecule has 0 aliphatic heterocycles. The molecule has 0 aliphatic rings. The smallest absolute Gasteiger partial charge is 0.151 e. The summed E-state index contributed by atoms with van der Waals surface area (Å²) in [7, 11) is 4.00. The van der Waals surface area contributed by atoms with E-state index in [1.54, 1.807) is 11.3 Å². The van der Waals surface area contributed by atoms with E-state index in [1.165, 1.54) is 4.88 Å². The van der Waals surface area contributed by atoms with E-state index in [9.17, 15) is 0 Å². The molecule has 0 bridgehead atoms. The first-order valence-corrected chi connectivity index (χ1v) is 7.38. The zero-order chi connectivity index (χ0) is 13.1. The van der Waals surface area contributed by atoms with Gasteiger partial charge in [-0.1, -0.05) is 0 Å². The van der Waals surface area contributed by atoms with Crippen molar-refractivity contribution in [1.82, 2.24) is 4.98 Å². The van der Waals surface area contributed by atoms with Gasteiger partial charge in [0.15, 0.2) is 5.82 Å². The SMILES string of the molecule is CC(Nc1cccnc1N(C)C)c1sccc1Br. The molecule has 0 aromatic carbocycles. The Kier molecular flexibility index (Phi) is 4.24. The average molecular weight is 326 g/mol. The Bertz CT molecular complexity index is 524. The van der Waals surface area contributed by atoms with Gasteiger partial charge in [0.05, 0.1) is 11.7 Å². The van der Waals surface area contributed by atoms with Crippen LogP contribution in [0.15, 0.2) is 34.2 Å². The lowest BCUT2D eigenvalue weighted by molar-refractivity contribution is 0.897. The van der Waals surface area contributed by atoms with Crippen molar-refractivity contribution in [2.24, 2.45) is 0 Å². The summed E-state index contributed by atoms with van der Waals surface area (Å²) in [4.78, 5) is 7.70. The molecule has 0 aliphatic carbocycles. The summed E-state index contributed by atoms with van der Waals surface area (Å²) in [6.07, 6.45) is 1.81. The van der Waals surface area contributed by atoms with Crippen LogP contribution in [0.1, 0.15) is 17.8 Å². The summed E-state index contributed by atoms with van der Waals surface area (Å²) in [5, 5.41) is 5.60. The molecule has 5 heteroatoms. The third-order valence-electron chi connectivity index (χ3n) is 2.62. The number of thiophene rings is 1. The van der Waals surface area contributed by atoms with Crippen molar-refractivity contribution in [2.75, 3.05) is 24.3 Å². The molecule has 1 N–H and O–H groups in total. The Balaban J connectivity index is 2.22. The van der Waals surface area contributed by atoms with E-state index in [4.69, 9.17) is 0 Å². The first-order chi connectivity index (χ1) is 8.59. The van der Waals surface area contributed by atoms with Crippen LogP contribution in [-0.4, -0.2) is 19.1 Å². The quantitative estimate of drug-likeness (QED) is 0.915. The van der Waals surface area contributed by atoms with E-state index in [0.717, 1.165) is 16.0 Å². The molecule has 1 unspecified atom stereocenters. The molecule has 2 aromatic heterocycles. The summed E-state index contributed by atoms with van der Waals surface area (Å²) < 4.78 is 1.16. The molecule has 0 spiro atoms. The maximum absolute atomic E-state index is 4.39. The highest BCUT2D eigenvalue weighted by molar-refractivity contribution is 9.10. The van der Waals surface area contributed by atoms with Crippen molar-refractivity contribution in [3.05, 3.63) is 39.1 Å². The average Bonchev–Trinajstić information content (AvgIpc) is 2.76. The number of anilines is 2. The largest absolute Gasteiger partial charge is 0.375 e. The number of halogens is 1. The molecule has 0 amide bonds. The number of hydrogen-bond acceptors (Lipinski definition) is 4. The Hall–Kier alpha value is -1.07. The second-order valence-corrected chi connectivity index (χ2v) is 6.07. The van der Waals surface area contributed by atoms with Crippen molar-refractivity contribution in [1.29, 1.82) is 0 Å². The number of nitrogens with zero attached hydrogens (tertiary/aromatic N) is 2. The first-order valence-electron chi connectivity index (χ1n) is 5.71. The highest BCUT2D eigenvalue weighted by Gasteiger charge is 2.13. The van der Waals surface area contributed by atoms with Crippen LogP contribution in [0.3, 0.4) is 0 Å². The van der Waals surface area contributed by atoms with E-state index in [-0.39, 0.29) is 6.04 Å². The molecule has 2 rings (SSSR count). The van der Waals surface area contributed by atoms with Crippen molar-refractivity contribution >= 4 is 38.8 Å². The van der Waals surface area contributed by atoms with Gasteiger partial charge in [-0.05, 0) is 46.4 Å². The lowest BCUT2D eigenvalue weighted by Crippen LogP contribution is -2.15. The van der Waals surface area contributed by atoms with Crippen LogP contribution in [0.4, 0.5) is 11.5 Å². The third kappa shape index (κ3) is 2.84. The molecule has 0 radical (unpaired) electrons. The maximum atomic E-state index is 4.39. The minimum absolute atomic E-state index is 0.252. The zero-order valence-corrected chi connectivity index (χ0v) is 13.0. The molecule has 96 valence electrons. The molecular weight excluding hydrogens is 310 g/mol.